The van der Waals surface area contributed by atoms with Crippen LogP contribution in [0.1, 0.15) is 15.9 Å². The van der Waals surface area contributed by atoms with E-state index in [1.807, 2.05) is 0 Å². The first-order valence-corrected chi connectivity index (χ1v) is 10.1. The summed E-state index contributed by atoms with van der Waals surface area (Å²) in [7, 11) is -4.20. The molecule has 0 aromatic heterocycles. The van der Waals surface area contributed by atoms with Gasteiger partial charge < -0.3 is 5.32 Å². The van der Waals surface area contributed by atoms with Crippen molar-refractivity contribution in [3.63, 3.8) is 0 Å². The second-order valence-electron chi connectivity index (χ2n) is 6.32. The number of amides is 1. The third-order valence-electron chi connectivity index (χ3n) is 4.19. The number of aryl methyl sites for hydroxylation is 1. The van der Waals surface area contributed by atoms with Crippen LogP contribution in [-0.2, 0) is 10.0 Å². The number of hydrogen-bond acceptors (Lipinski definition) is 5. The number of nitrogens with zero attached hydrogens (tertiary/aromatic N) is 1. The van der Waals surface area contributed by atoms with Gasteiger partial charge in [-0.25, -0.2) is 12.8 Å². The number of nitrogens with one attached hydrogen (secondary N) is 2. The zero-order valence-electron chi connectivity index (χ0n) is 15.6. The molecule has 10 heteroatoms. The van der Waals surface area contributed by atoms with Gasteiger partial charge >= 0.3 is 0 Å². The fourth-order valence-electron chi connectivity index (χ4n) is 2.70. The average molecular weight is 429 g/mol. The van der Waals surface area contributed by atoms with E-state index in [0.717, 1.165) is 6.07 Å². The molecule has 3 aromatic carbocycles. The van der Waals surface area contributed by atoms with Gasteiger partial charge in [-0.15, -0.1) is 0 Å². The summed E-state index contributed by atoms with van der Waals surface area (Å²) in [6, 6.07) is 14.3. The van der Waals surface area contributed by atoms with E-state index in [4.69, 9.17) is 0 Å². The lowest BCUT2D eigenvalue weighted by Gasteiger charge is -2.14. The quantitative estimate of drug-likeness (QED) is 0.452. The summed E-state index contributed by atoms with van der Waals surface area (Å²) in [5.41, 5.74) is 0.503. The number of sulfonamides is 1. The summed E-state index contributed by atoms with van der Waals surface area (Å²) in [5, 5.41) is 13.5. The molecule has 30 heavy (non-hydrogen) atoms. The minimum atomic E-state index is -4.20. The number of carbonyl (C=O) groups is 1. The van der Waals surface area contributed by atoms with Crippen molar-refractivity contribution < 1.29 is 22.5 Å². The first kappa shape index (κ1) is 20.9. The number of rotatable bonds is 6. The number of para-hydroxylation sites is 1. The van der Waals surface area contributed by atoms with Gasteiger partial charge in [0, 0.05) is 17.8 Å². The van der Waals surface area contributed by atoms with Crippen LogP contribution in [-0.4, -0.2) is 19.2 Å². The summed E-state index contributed by atoms with van der Waals surface area (Å²) < 4.78 is 40.9. The van der Waals surface area contributed by atoms with Crippen molar-refractivity contribution in [3.05, 3.63) is 93.8 Å². The summed E-state index contributed by atoms with van der Waals surface area (Å²) in [5.74, 6) is -1.06. The van der Waals surface area contributed by atoms with Gasteiger partial charge in [-0.1, -0.05) is 18.2 Å². The first-order valence-electron chi connectivity index (χ1n) is 8.61. The summed E-state index contributed by atoms with van der Waals surface area (Å²) in [6.07, 6.45) is 0. The maximum absolute atomic E-state index is 13.3. The van der Waals surface area contributed by atoms with Gasteiger partial charge in [0.1, 0.15) is 5.82 Å². The van der Waals surface area contributed by atoms with Crippen LogP contribution in [0.5, 0.6) is 0 Å². The lowest BCUT2D eigenvalue weighted by Crippen LogP contribution is -2.19. The Morgan fingerprint density at radius 1 is 1.00 bits per heavy atom. The molecule has 0 aliphatic carbocycles. The molecular weight excluding hydrogens is 413 g/mol. The van der Waals surface area contributed by atoms with Crippen molar-refractivity contribution in [1.82, 2.24) is 0 Å². The van der Waals surface area contributed by atoms with Gasteiger partial charge in [0.15, 0.2) is 0 Å². The number of carbonyl (C=O) groups excluding carboxylic acids is 1. The molecule has 3 rings (SSSR count). The average Bonchev–Trinajstić information content (AvgIpc) is 2.70. The first-order chi connectivity index (χ1) is 14.2. The van der Waals surface area contributed by atoms with Gasteiger partial charge in [0.2, 0.25) is 0 Å². The molecule has 0 fully saturated rings. The fourth-order valence-corrected chi connectivity index (χ4v) is 3.81. The van der Waals surface area contributed by atoms with E-state index >= 15 is 0 Å². The van der Waals surface area contributed by atoms with Crippen molar-refractivity contribution in [2.75, 3.05) is 10.0 Å². The van der Waals surface area contributed by atoms with Crippen LogP contribution in [0.3, 0.4) is 0 Å². The SMILES string of the molecule is Cc1cc(F)ccc1NC(=O)c1ccccc1NS(=O)(=O)c1cccc([N+](=O)[O-])c1. The highest BCUT2D eigenvalue weighted by Crippen LogP contribution is 2.24. The highest BCUT2D eigenvalue weighted by molar-refractivity contribution is 7.92. The number of benzene rings is 3. The number of halogens is 1. The number of nitro benzene ring substituents is 1. The molecule has 0 heterocycles. The number of anilines is 2. The van der Waals surface area contributed by atoms with Gasteiger partial charge in [-0.2, -0.15) is 0 Å². The molecule has 8 nitrogen and oxygen atoms in total. The molecule has 0 atom stereocenters. The molecule has 0 saturated carbocycles. The van der Waals surface area contributed by atoms with E-state index in [1.54, 1.807) is 13.0 Å². The van der Waals surface area contributed by atoms with Crippen LogP contribution in [0.2, 0.25) is 0 Å². The minimum Gasteiger partial charge on any atom is -0.322 e. The van der Waals surface area contributed by atoms with Crippen LogP contribution in [0.15, 0.2) is 71.6 Å². The third-order valence-corrected chi connectivity index (χ3v) is 5.55. The second kappa shape index (κ2) is 8.29. The van der Waals surface area contributed by atoms with E-state index in [2.05, 4.69) is 10.0 Å². The highest BCUT2D eigenvalue weighted by Gasteiger charge is 2.21. The maximum atomic E-state index is 13.3. The second-order valence-corrected chi connectivity index (χ2v) is 8.00. The number of non-ortho nitro benzene ring substituents is 1. The Hall–Kier alpha value is -3.79. The Labute approximate surface area is 171 Å². The van der Waals surface area contributed by atoms with Crippen LogP contribution < -0.4 is 10.0 Å². The predicted octanol–water partition coefficient (Wildman–Crippen LogP) is 4.10. The maximum Gasteiger partial charge on any atom is 0.270 e. The molecular formula is C20H16FN3O5S. The van der Waals surface area contributed by atoms with Gasteiger partial charge in [-0.05, 0) is 48.9 Å². The monoisotopic (exact) mass is 429 g/mol. The normalized spacial score (nSPS) is 11.0. The Morgan fingerprint density at radius 3 is 2.43 bits per heavy atom. The molecule has 1 amide bonds. The topological polar surface area (TPSA) is 118 Å². The smallest absolute Gasteiger partial charge is 0.270 e. The van der Waals surface area contributed by atoms with Crippen LogP contribution in [0.4, 0.5) is 21.5 Å². The van der Waals surface area contributed by atoms with E-state index in [1.165, 1.54) is 54.6 Å². The predicted molar refractivity (Wildman–Crippen MR) is 109 cm³/mol. The fraction of sp³-hybridized carbons (Fsp3) is 0.0500. The van der Waals surface area contributed by atoms with Gasteiger partial charge in [-0.3, -0.25) is 19.6 Å². The van der Waals surface area contributed by atoms with Crippen molar-refractivity contribution in [2.24, 2.45) is 0 Å². The Balaban J connectivity index is 1.90. The molecule has 0 unspecified atom stereocenters. The molecule has 0 radical (unpaired) electrons. The molecule has 0 bridgehead atoms. The molecule has 0 saturated heterocycles. The van der Waals surface area contributed by atoms with E-state index in [9.17, 15) is 27.7 Å². The van der Waals surface area contributed by atoms with Crippen molar-refractivity contribution in [2.45, 2.75) is 11.8 Å². The lowest BCUT2D eigenvalue weighted by atomic mass is 10.1. The zero-order chi connectivity index (χ0) is 21.9. The summed E-state index contributed by atoms with van der Waals surface area (Å²) in [4.78, 5) is 22.6. The summed E-state index contributed by atoms with van der Waals surface area (Å²) >= 11 is 0. The largest absolute Gasteiger partial charge is 0.322 e. The molecule has 0 spiro atoms. The molecule has 2 N–H and O–H groups in total. The van der Waals surface area contributed by atoms with Gasteiger partial charge in [0.25, 0.3) is 21.6 Å². The molecule has 3 aromatic rings. The molecule has 0 aliphatic heterocycles. The molecule has 0 aliphatic rings. The Bertz CT molecular complexity index is 1240. The number of nitro groups is 1. The summed E-state index contributed by atoms with van der Waals surface area (Å²) in [6.45, 7) is 1.62. The standard InChI is InChI=1S/C20H16FN3O5S/c1-13-11-14(21)9-10-18(13)22-20(25)17-7-2-3-8-19(17)23-30(28,29)16-6-4-5-15(12-16)24(26)27/h2-12,23H,1H3,(H,22,25). The molecule has 154 valence electrons. The van der Waals surface area contributed by atoms with Gasteiger partial charge in [0.05, 0.1) is 21.1 Å². The Morgan fingerprint density at radius 2 is 1.73 bits per heavy atom. The minimum absolute atomic E-state index is 0.0127. The van der Waals surface area contributed by atoms with Crippen molar-refractivity contribution >= 4 is 33.0 Å². The van der Waals surface area contributed by atoms with Crippen LogP contribution in [0, 0.1) is 22.9 Å². The van der Waals surface area contributed by atoms with Crippen LogP contribution >= 0.6 is 0 Å². The van der Waals surface area contributed by atoms with E-state index < -0.39 is 26.7 Å². The Kier molecular flexibility index (Phi) is 5.79. The lowest BCUT2D eigenvalue weighted by molar-refractivity contribution is -0.385. The number of hydrogen-bond donors (Lipinski definition) is 2. The van der Waals surface area contributed by atoms with Crippen molar-refractivity contribution in [3.8, 4) is 0 Å². The zero-order valence-corrected chi connectivity index (χ0v) is 16.4. The van der Waals surface area contributed by atoms with Crippen LogP contribution in [0.25, 0.3) is 0 Å². The highest BCUT2D eigenvalue weighted by atomic mass is 32.2. The van der Waals surface area contributed by atoms with E-state index in [0.29, 0.717) is 11.3 Å². The van der Waals surface area contributed by atoms with E-state index in [-0.39, 0.29) is 21.8 Å². The van der Waals surface area contributed by atoms with Crippen molar-refractivity contribution in [1.29, 1.82) is 0 Å². The third kappa shape index (κ3) is 4.61.